The van der Waals surface area contributed by atoms with Gasteiger partial charge in [0.15, 0.2) is 6.10 Å². The van der Waals surface area contributed by atoms with E-state index in [9.17, 15) is 21.6 Å². The third-order valence-corrected chi connectivity index (χ3v) is 4.92. The van der Waals surface area contributed by atoms with Gasteiger partial charge in [-0.3, -0.25) is 0 Å². The van der Waals surface area contributed by atoms with Crippen molar-refractivity contribution in [3.05, 3.63) is 0 Å². The summed E-state index contributed by atoms with van der Waals surface area (Å²) in [6, 6.07) is 0. The van der Waals surface area contributed by atoms with E-state index in [0.717, 1.165) is 0 Å². The molecule has 1 heterocycles. The van der Waals surface area contributed by atoms with Crippen LogP contribution >= 0.6 is 0 Å². The molecular weight excluding hydrogens is 259 g/mol. The predicted octanol–water partition coefficient (Wildman–Crippen LogP) is 0.971. The van der Waals surface area contributed by atoms with Gasteiger partial charge in [0.1, 0.15) is 0 Å². The number of hydrogen-bond acceptors (Lipinski definition) is 3. The van der Waals surface area contributed by atoms with E-state index in [1.165, 1.54) is 11.2 Å². The first-order chi connectivity index (χ1) is 7.68. The number of rotatable bonds is 3. The molecule has 8 heteroatoms. The van der Waals surface area contributed by atoms with Crippen molar-refractivity contribution in [2.75, 3.05) is 18.8 Å². The summed E-state index contributed by atoms with van der Waals surface area (Å²) in [5.74, 6) is -0.960. The summed E-state index contributed by atoms with van der Waals surface area (Å²) in [7, 11) is -3.34. The summed E-state index contributed by atoms with van der Waals surface area (Å²) in [6.07, 6.45) is -6.90. The van der Waals surface area contributed by atoms with E-state index in [-0.39, 0.29) is 31.7 Å². The standard InChI is InChI=1S/C9H16F3NO3S/c1-2-17(15,16)13-5-3-7(4-6-13)8(14)9(10,11)12/h7-8,14H,2-6H2,1H3. The van der Waals surface area contributed by atoms with E-state index in [0.29, 0.717) is 0 Å². The minimum absolute atomic E-state index is 0.0416. The fourth-order valence-corrected chi connectivity index (χ4v) is 3.05. The second-order valence-electron chi connectivity index (χ2n) is 4.12. The number of aliphatic hydroxyl groups is 1. The van der Waals surface area contributed by atoms with Crippen LogP contribution in [0, 0.1) is 5.92 Å². The lowest BCUT2D eigenvalue weighted by Crippen LogP contribution is -2.45. The van der Waals surface area contributed by atoms with Crippen molar-refractivity contribution >= 4 is 10.0 Å². The molecule has 0 aromatic rings. The van der Waals surface area contributed by atoms with E-state index in [1.807, 2.05) is 0 Å². The molecule has 4 nitrogen and oxygen atoms in total. The van der Waals surface area contributed by atoms with E-state index in [1.54, 1.807) is 0 Å². The smallest absolute Gasteiger partial charge is 0.383 e. The molecular formula is C9H16F3NO3S. The molecule has 1 fully saturated rings. The lowest BCUT2D eigenvalue weighted by atomic mass is 9.92. The maximum Gasteiger partial charge on any atom is 0.414 e. The van der Waals surface area contributed by atoms with Gasteiger partial charge in [-0.1, -0.05) is 0 Å². The molecule has 1 unspecified atom stereocenters. The van der Waals surface area contributed by atoms with Crippen LogP contribution in [0.2, 0.25) is 0 Å². The van der Waals surface area contributed by atoms with Gasteiger partial charge in [0.05, 0.1) is 5.75 Å². The van der Waals surface area contributed by atoms with E-state index in [2.05, 4.69) is 0 Å². The summed E-state index contributed by atoms with van der Waals surface area (Å²) in [4.78, 5) is 0. The van der Waals surface area contributed by atoms with Gasteiger partial charge in [-0.15, -0.1) is 0 Å². The highest BCUT2D eigenvalue weighted by molar-refractivity contribution is 7.89. The Morgan fingerprint density at radius 1 is 1.35 bits per heavy atom. The zero-order valence-electron chi connectivity index (χ0n) is 9.44. The van der Waals surface area contributed by atoms with Gasteiger partial charge in [0, 0.05) is 13.1 Å². The van der Waals surface area contributed by atoms with E-state index >= 15 is 0 Å². The van der Waals surface area contributed by atoms with Crippen LogP contribution in [-0.4, -0.2) is 49.0 Å². The van der Waals surface area contributed by atoms with Gasteiger partial charge in [0.25, 0.3) is 0 Å². The molecule has 0 amide bonds. The minimum Gasteiger partial charge on any atom is -0.383 e. The monoisotopic (exact) mass is 275 g/mol. The van der Waals surface area contributed by atoms with E-state index < -0.39 is 28.2 Å². The van der Waals surface area contributed by atoms with Gasteiger partial charge in [-0.2, -0.15) is 13.2 Å². The van der Waals surface area contributed by atoms with Crippen LogP contribution in [0.4, 0.5) is 13.2 Å². The highest BCUT2D eigenvalue weighted by Crippen LogP contribution is 2.32. The second kappa shape index (κ2) is 5.11. The summed E-state index contributed by atoms with van der Waals surface area (Å²) in [6.45, 7) is 1.59. The van der Waals surface area contributed by atoms with Crippen LogP contribution in [-0.2, 0) is 10.0 Å². The number of alkyl halides is 3. The molecule has 0 bridgehead atoms. The Morgan fingerprint density at radius 2 is 1.82 bits per heavy atom. The molecule has 1 saturated heterocycles. The van der Waals surface area contributed by atoms with Gasteiger partial charge in [0.2, 0.25) is 10.0 Å². The summed E-state index contributed by atoms with van der Waals surface area (Å²) in [5.41, 5.74) is 0. The fraction of sp³-hybridized carbons (Fsp3) is 1.00. The number of sulfonamides is 1. The lowest BCUT2D eigenvalue weighted by Gasteiger charge is -2.33. The number of hydrogen-bond donors (Lipinski definition) is 1. The Balaban J connectivity index is 2.58. The normalized spacial score (nSPS) is 22.6. The van der Waals surface area contributed by atoms with Crippen LogP contribution in [0.3, 0.4) is 0 Å². The first-order valence-electron chi connectivity index (χ1n) is 5.41. The van der Waals surface area contributed by atoms with Crippen molar-refractivity contribution in [1.82, 2.24) is 4.31 Å². The van der Waals surface area contributed by atoms with Crippen molar-refractivity contribution < 1.29 is 26.7 Å². The first kappa shape index (κ1) is 14.7. The molecule has 102 valence electrons. The number of halogens is 3. The van der Waals surface area contributed by atoms with Gasteiger partial charge < -0.3 is 5.11 Å². The molecule has 1 rings (SSSR count). The molecule has 0 aromatic heterocycles. The number of nitrogens with zero attached hydrogens (tertiary/aromatic N) is 1. The van der Waals surface area contributed by atoms with Crippen molar-refractivity contribution in [3.63, 3.8) is 0 Å². The Morgan fingerprint density at radius 3 is 2.18 bits per heavy atom. The van der Waals surface area contributed by atoms with Crippen LogP contribution in [0.5, 0.6) is 0 Å². The zero-order chi connectivity index (χ0) is 13.3. The molecule has 17 heavy (non-hydrogen) atoms. The predicted molar refractivity (Wildman–Crippen MR) is 55.8 cm³/mol. The van der Waals surface area contributed by atoms with Crippen molar-refractivity contribution in [3.8, 4) is 0 Å². The number of piperidine rings is 1. The van der Waals surface area contributed by atoms with Crippen LogP contribution in [0.25, 0.3) is 0 Å². The van der Waals surface area contributed by atoms with Gasteiger partial charge >= 0.3 is 6.18 Å². The highest BCUT2D eigenvalue weighted by atomic mass is 32.2. The number of aliphatic hydroxyl groups excluding tert-OH is 1. The maximum absolute atomic E-state index is 12.2. The van der Waals surface area contributed by atoms with Crippen molar-refractivity contribution in [1.29, 1.82) is 0 Å². The van der Waals surface area contributed by atoms with Crippen molar-refractivity contribution in [2.45, 2.75) is 32.0 Å². The average Bonchev–Trinajstić information content (AvgIpc) is 2.27. The minimum atomic E-state index is -4.63. The van der Waals surface area contributed by atoms with Crippen molar-refractivity contribution in [2.24, 2.45) is 5.92 Å². The molecule has 1 aliphatic rings. The molecule has 0 aliphatic carbocycles. The Labute approximate surface area is 98.5 Å². The summed E-state index contributed by atoms with van der Waals surface area (Å²) in [5, 5.41) is 9.06. The Kier molecular flexibility index (Phi) is 4.43. The Hall–Kier alpha value is -0.340. The average molecular weight is 275 g/mol. The van der Waals surface area contributed by atoms with Crippen LogP contribution in [0.1, 0.15) is 19.8 Å². The lowest BCUT2D eigenvalue weighted by molar-refractivity contribution is -0.222. The summed E-state index contributed by atoms with van der Waals surface area (Å²) < 4.78 is 60.9. The molecule has 0 radical (unpaired) electrons. The first-order valence-corrected chi connectivity index (χ1v) is 7.02. The quantitative estimate of drug-likeness (QED) is 0.835. The topological polar surface area (TPSA) is 57.6 Å². The molecule has 1 aliphatic heterocycles. The molecule has 0 spiro atoms. The SMILES string of the molecule is CCS(=O)(=O)N1CCC(C(O)C(F)(F)F)CC1. The third kappa shape index (κ3) is 3.56. The largest absolute Gasteiger partial charge is 0.414 e. The molecule has 1 N–H and O–H groups in total. The van der Waals surface area contributed by atoms with Gasteiger partial charge in [-0.05, 0) is 25.7 Å². The maximum atomic E-state index is 12.2. The van der Waals surface area contributed by atoms with E-state index in [4.69, 9.17) is 5.11 Å². The van der Waals surface area contributed by atoms with Gasteiger partial charge in [-0.25, -0.2) is 12.7 Å². The molecule has 0 aromatic carbocycles. The second-order valence-corrected chi connectivity index (χ2v) is 6.38. The fourth-order valence-electron chi connectivity index (χ4n) is 1.92. The highest BCUT2D eigenvalue weighted by Gasteiger charge is 2.44. The molecule has 0 saturated carbocycles. The Bertz CT molecular complexity index is 347. The third-order valence-electron chi connectivity index (χ3n) is 3.04. The zero-order valence-corrected chi connectivity index (χ0v) is 10.3. The van der Waals surface area contributed by atoms with Crippen LogP contribution in [0.15, 0.2) is 0 Å². The van der Waals surface area contributed by atoms with Crippen LogP contribution < -0.4 is 0 Å². The molecule has 1 atom stereocenters. The summed E-state index contributed by atoms with van der Waals surface area (Å²) >= 11 is 0.